The molecule has 7 nitrogen and oxygen atoms in total. The van der Waals surface area contributed by atoms with Gasteiger partial charge in [0.25, 0.3) is 11.6 Å². The maximum Gasteiger partial charge on any atom is 0.269 e. The van der Waals surface area contributed by atoms with Crippen molar-refractivity contribution in [1.29, 1.82) is 0 Å². The van der Waals surface area contributed by atoms with Crippen LogP contribution in [-0.4, -0.2) is 53.1 Å². The van der Waals surface area contributed by atoms with Crippen molar-refractivity contribution in [3.8, 4) is 0 Å². The van der Waals surface area contributed by atoms with Crippen molar-refractivity contribution in [2.45, 2.75) is 18.7 Å². The summed E-state index contributed by atoms with van der Waals surface area (Å²) in [5, 5.41) is 11.6. The highest BCUT2D eigenvalue weighted by molar-refractivity contribution is 7.98. The Kier molecular flexibility index (Phi) is 7.41. The Morgan fingerprint density at radius 3 is 2.43 bits per heavy atom. The number of non-ortho nitro benzene ring substituents is 1. The fourth-order valence-electron chi connectivity index (χ4n) is 3.08. The first-order valence-corrected chi connectivity index (χ1v) is 11.7. The van der Waals surface area contributed by atoms with Gasteiger partial charge in [-0.2, -0.15) is 0 Å². The van der Waals surface area contributed by atoms with Crippen molar-refractivity contribution in [2.24, 2.45) is 0 Å². The summed E-state index contributed by atoms with van der Waals surface area (Å²) in [4.78, 5) is 33.5. The van der Waals surface area contributed by atoms with Gasteiger partial charge in [-0.1, -0.05) is 25.2 Å². The van der Waals surface area contributed by atoms with Crippen molar-refractivity contribution in [2.75, 3.05) is 37.3 Å². The van der Waals surface area contributed by atoms with Gasteiger partial charge >= 0.3 is 0 Å². The van der Waals surface area contributed by atoms with E-state index in [1.165, 1.54) is 35.6 Å². The number of nitro benzene ring substituents is 1. The minimum atomic E-state index is -0.469. The average molecular weight is 445 g/mol. The second kappa shape index (κ2) is 10.0. The van der Waals surface area contributed by atoms with E-state index >= 15 is 0 Å². The molecule has 9 heteroatoms. The third kappa shape index (κ3) is 4.97. The number of hydrogen-bond acceptors (Lipinski definition) is 7. The molecule has 0 bridgehead atoms. The number of carbonyl (C=O) groups is 1. The molecule has 0 fully saturated rings. The molecule has 0 N–H and O–H groups in total. The number of amides is 1. The summed E-state index contributed by atoms with van der Waals surface area (Å²) in [7, 11) is 0. The van der Waals surface area contributed by atoms with Crippen LogP contribution in [0.25, 0.3) is 10.2 Å². The molecule has 1 heterocycles. The van der Waals surface area contributed by atoms with Gasteiger partial charge in [-0.25, -0.2) is 4.98 Å². The van der Waals surface area contributed by atoms with Crippen LogP contribution in [0.1, 0.15) is 24.2 Å². The van der Waals surface area contributed by atoms with Crippen molar-refractivity contribution in [3.05, 3.63) is 58.1 Å². The Balaban J connectivity index is 1.95. The molecule has 1 amide bonds. The minimum absolute atomic E-state index is 0.0363. The Morgan fingerprint density at radius 1 is 1.13 bits per heavy atom. The van der Waals surface area contributed by atoms with Crippen LogP contribution in [0.15, 0.2) is 47.4 Å². The molecule has 158 valence electrons. The Morgan fingerprint density at radius 2 is 1.83 bits per heavy atom. The fraction of sp³-hybridized carbons (Fsp3) is 0.333. The maximum atomic E-state index is 13.3. The van der Waals surface area contributed by atoms with Gasteiger partial charge in [-0.15, -0.1) is 11.8 Å². The summed E-state index contributed by atoms with van der Waals surface area (Å²) < 4.78 is 1.03. The van der Waals surface area contributed by atoms with E-state index in [0.717, 1.165) is 34.7 Å². The lowest BCUT2D eigenvalue weighted by molar-refractivity contribution is -0.384. The van der Waals surface area contributed by atoms with Crippen LogP contribution in [0.5, 0.6) is 0 Å². The topological polar surface area (TPSA) is 79.6 Å². The Hall–Kier alpha value is -2.49. The first-order chi connectivity index (χ1) is 14.5. The predicted molar refractivity (Wildman–Crippen MR) is 124 cm³/mol. The average Bonchev–Trinajstić information content (AvgIpc) is 3.19. The number of likely N-dealkylation sites (N-methyl/N-ethyl adjacent to an activating group) is 1. The number of fused-ring (bicyclic) bond motifs is 1. The first-order valence-electron chi connectivity index (χ1n) is 9.70. The first kappa shape index (κ1) is 22.2. The van der Waals surface area contributed by atoms with E-state index in [4.69, 9.17) is 4.98 Å². The highest BCUT2D eigenvalue weighted by Crippen LogP contribution is 2.32. The number of carbonyl (C=O) groups excluding carboxylic acids is 1. The lowest BCUT2D eigenvalue weighted by Crippen LogP contribution is -2.38. The van der Waals surface area contributed by atoms with E-state index in [0.29, 0.717) is 17.2 Å². The lowest BCUT2D eigenvalue weighted by Gasteiger charge is -2.24. The molecule has 0 atom stereocenters. The molecule has 0 spiro atoms. The van der Waals surface area contributed by atoms with E-state index in [1.54, 1.807) is 16.7 Å². The van der Waals surface area contributed by atoms with Gasteiger partial charge in [0.05, 0.1) is 15.1 Å². The number of nitrogens with zero attached hydrogens (tertiary/aromatic N) is 4. The Bertz CT molecular complexity index is 1030. The quantitative estimate of drug-likeness (QED) is 0.265. The van der Waals surface area contributed by atoms with Gasteiger partial charge in [-0.05, 0) is 49.7 Å². The second-order valence-electron chi connectivity index (χ2n) is 6.62. The standard InChI is InChI=1S/C21H24N4O3S2/c1-4-23(5-2)12-13-24(20(26)15-6-8-16(9-7-15)25(27)28)21-22-18-11-10-17(29-3)14-19(18)30-21/h6-11,14H,4-5,12-13H2,1-3H3. The molecule has 0 radical (unpaired) electrons. The number of nitro groups is 1. The molecule has 0 saturated carbocycles. The molecule has 2 aromatic carbocycles. The fourth-order valence-corrected chi connectivity index (χ4v) is 4.63. The van der Waals surface area contributed by atoms with Crippen molar-refractivity contribution in [3.63, 3.8) is 0 Å². The van der Waals surface area contributed by atoms with Crippen LogP contribution in [0.3, 0.4) is 0 Å². The highest BCUT2D eigenvalue weighted by atomic mass is 32.2. The molecular formula is C21H24N4O3S2. The summed E-state index contributed by atoms with van der Waals surface area (Å²) in [6.45, 7) is 7.19. The van der Waals surface area contributed by atoms with Gasteiger partial charge in [0.1, 0.15) is 0 Å². The largest absolute Gasteiger partial charge is 0.302 e. The predicted octanol–water partition coefficient (Wildman–Crippen LogP) is 4.92. The maximum absolute atomic E-state index is 13.3. The van der Waals surface area contributed by atoms with Crippen LogP contribution in [0.2, 0.25) is 0 Å². The number of benzene rings is 2. The van der Waals surface area contributed by atoms with E-state index in [-0.39, 0.29) is 11.6 Å². The minimum Gasteiger partial charge on any atom is -0.302 e. The lowest BCUT2D eigenvalue weighted by atomic mass is 10.2. The second-order valence-corrected chi connectivity index (χ2v) is 8.51. The van der Waals surface area contributed by atoms with Crippen molar-refractivity contribution < 1.29 is 9.72 Å². The van der Waals surface area contributed by atoms with Crippen molar-refractivity contribution >= 4 is 50.0 Å². The van der Waals surface area contributed by atoms with Gasteiger partial charge in [-0.3, -0.25) is 19.8 Å². The molecule has 3 aromatic rings. The molecule has 30 heavy (non-hydrogen) atoms. The van der Waals surface area contributed by atoms with Crippen LogP contribution in [0, 0.1) is 10.1 Å². The zero-order valence-corrected chi connectivity index (χ0v) is 18.8. The molecule has 3 rings (SSSR count). The number of aromatic nitrogens is 1. The van der Waals surface area contributed by atoms with Gasteiger partial charge in [0.2, 0.25) is 0 Å². The molecule has 1 aromatic heterocycles. The van der Waals surface area contributed by atoms with Gasteiger partial charge in [0, 0.05) is 35.7 Å². The van der Waals surface area contributed by atoms with Crippen LogP contribution in [0.4, 0.5) is 10.8 Å². The van der Waals surface area contributed by atoms with Gasteiger partial charge < -0.3 is 4.90 Å². The van der Waals surface area contributed by atoms with Crippen molar-refractivity contribution in [1.82, 2.24) is 9.88 Å². The third-order valence-electron chi connectivity index (χ3n) is 4.92. The van der Waals surface area contributed by atoms with E-state index in [2.05, 4.69) is 24.8 Å². The number of hydrogen-bond donors (Lipinski definition) is 0. The SMILES string of the molecule is CCN(CC)CCN(C(=O)c1ccc([N+](=O)[O-])cc1)c1nc2ccc(SC)cc2s1. The number of anilines is 1. The summed E-state index contributed by atoms with van der Waals surface area (Å²) in [5.41, 5.74) is 1.23. The summed E-state index contributed by atoms with van der Waals surface area (Å²) >= 11 is 3.15. The number of thioether (sulfide) groups is 1. The summed E-state index contributed by atoms with van der Waals surface area (Å²) in [5.74, 6) is -0.207. The monoisotopic (exact) mass is 444 g/mol. The third-order valence-corrected chi connectivity index (χ3v) is 6.69. The summed E-state index contributed by atoms with van der Waals surface area (Å²) in [6.07, 6.45) is 2.03. The molecule has 0 aliphatic rings. The zero-order chi connectivity index (χ0) is 21.7. The molecule has 0 aliphatic heterocycles. The van der Waals surface area contributed by atoms with E-state index in [9.17, 15) is 14.9 Å². The zero-order valence-electron chi connectivity index (χ0n) is 17.2. The van der Waals surface area contributed by atoms with Crippen LogP contribution >= 0.6 is 23.1 Å². The number of rotatable bonds is 9. The Labute approximate surface area is 183 Å². The molecule has 0 unspecified atom stereocenters. The van der Waals surface area contributed by atoms with Gasteiger partial charge in [0.15, 0.2) is 5.13 Å². The molecule has 0 saturated heterocycles. The smallest absolute Gasteiger partial charge is 0.269 e. The molecular weight excluding hydrogens is 420 g/mol. The normalized spacial score (nSPS) is 11.2. The van der Waals surface area contributed by atoms with Crippen LogP contribution in [-0.2, 0) is 0 Å². The van der Waals surface area contributed by atoms with Crippen LogP contribution < -0.4 is 4.90 Å². The molecule has 0 aliphatic carbocycles. The van der Waals surface area contributed by atoms with E-state index < -0.39 is 4.92 Å². The summed E-state index contributed by atoms with van der Waals surface area (Å²) in [6, 6.07) is 11.8. The number of thiazole rings is 1. The van der Waals surface area contributed by atoms with E-state index in [1.807, 2.05) is 18.4 Å². The highest BCUT2D eigenvalue weighted by Gasteiger charge is 2.22.